The summed E-state index contributed by atoms with van der Waals surface area (Å²) in [7, 11) is 0. The van der Waals surface area contributed by atoms with E-state index in [-0.39, 0.29) is 5.69 Å². The van der Waals surface area contributed by atoms with Crippen molar-refractivity contribution >= 4 is 32.4 Å². The summed E-state index contributed by atoms with van der Waals surface area (Å²) in [6.45, 7) is 0. The Balaban J connectivity index is 2.77. The van der Waals surface area contributed by atoms with Crippen molar-refractivity contribution in [3.63, 3.8) is 0 Å². The van der Waals surface area contributed by atoms with Crippen LogP contribution in [-0.2, 0) is 0 Å². The molecule has 0 atom stereocenters. The lowest BCUT2D eigenvalue weighted by Gasteiger charge is -1.99. The zero-order valence-electron chi connectivity index (χ0n) is 7.11. The zero-order chi connectivity index (χ0) is 10.1. The van der Waals surface area contributed by atoms with E-state index in [1.54, 1.807) is 12.1 Å². The first-order valence-electron chi connectivity index (χ1n) is 4.01. The Morgan fingerprint density at radius 3 is 2.29 bits per heavy atom. The number of fused-ring (bicyclic) bond motifs is 1. The van der Waals surface area contributed by atoms with Gasteiger partial charge in [0.25, 0.3) is 5.69 Å². The molecule has 0 fully saturated rings. The third-order valence-electron chi connectivity index (χ3n) is 2.01. The van der Waals surface area contributed by atoms with E-state index in [4.69, 9.17) is 0 Å². The molecule has 0 saturated heterocycles. The molecule has 2 aromatic carbocycles. The molecule has 2 aromatic rings. The summed E-state index contributed by atoms with van der Waals surface area (Å²) in [4.78, 5) is 10.2. The molecule has 0 spiro atoms. The van der Waals surface area contributed by atoms with Crippen molar-refractivity contribution in [1.82, 2.24) is 0 Å². The van der Waals surface area contributed by atoms with Crippen LogP contribution in [0.2, 0.25) is 0 Å². The molecule has 0 aliphatic rings. The van der Waals surface area contributed by atoms with E-state index in [0.717, 1.165) is 10.8 Å². The Morgan fingerprint density at radius 2 is 1.71 bits per heavy atom. The minimum atomic E-state index is -0.392. The Bertz CT molecular complexity index is 510. The van der Waals surface area contributed by atoms with Gasteiger partial charge in [0.1, 0.15) is 0 Å². The zero-order valence-corrected chi connectivity index (χ0v) is 8.69. The fraction of sp³-hybridized carbons (Fsp3) is 0. The maximum absolute atomic E-state index is 10.6. The van der Waals surface area contributed by atoms with Gasteiger partial charge in [-0.15, -0.1) is 0 Å². The average Bonchev–Trinajstić information content (AvgIpc) is 2.16. The molecule has 0 heterocycles. The Morgan fingerprint density at radius 1 is 1.14 bits per heavy atom. The number of halogens is 1. The number of nitrogens with zero attached hydrogens (tertiary/aromatic N) is 1. The molecular formula is C10H6BrNO2. The molecular weight excluding hydrogens is 246 g/mol. The molecule has 0 amide bonds. The van der Waals surface area contributed by atoms with E-state index < -0.39 is 4.92 Å². The summed E-state index contributed by atoms with van der Waals surface area (Å²) in [5.74, 6) is 0. The van der Waals surface area contributed by atoms with Gasteiger partial charge in [0.15, 0.2) is 0 Å². The number of hydrogen-bond acceptors (Lipinski definition) is 2. The van der Waals surface area contributed by atoms with Crippen molar-refractivity contribution in [3.05, 3.63) is 51.0 Å². The van der Waals surface area contributed by atoms with Gasteiger partial charge < -0.3 is 0 Å². The van der Waals surface area contributed by atoms with E-state index in [1.807, 2.05) is 24.3 Å². The van der Waals surface area contributed by atoms with Crippen molar-refractivity contribution in [2.45, 2.75) is 0 Å². The largest absolute Gasteiger partial charge is 0.284 e. The van der Waals surface area contributed by atoms with E-state index in [0.29, 0.717) is 4.47 Å². The van der Waals surface area contributed by atoms with Gasteiger partial charge in [0.05, 0.1) is 9.40 Å². The van der Waals surface area contributed by atoms with Gasteiger partial charge in [0, 0.05) is 6.07 Å². The van der Waals surface area contributed by atoms with Crippen LogP contribution in [0.3, 0.4) is 0 Å². The predicted molar refractivity (Wildman–Crippen MR) is 58.3 cm³/mol. The summed E-state index contributed by atoms with van der Waals surface area (Å²) in [5, 5.41) is 12.5. The molecule has 2 rings (SSSR count). The maximum Gasteiger partial charge on any atom is 0.284 e. The smallest absolute Gasteiger partial charge is 0.258 e. The average molecular weight is 252 g/mol. The first kappa shape index (κ1) is 9.15. The lowest BCUT2D eigenvalue weighted by Crippen LogP contribution is -1.89. The molecule has 0 unspecified atom stereocenters. The fourth-order valence-electron chi connectivity index (χ4n) is 1.34. The summed E-state index contributed by atoms with van der Waals surface area (Å²) in [6.07, 6.45) is 0. The highest BCUT2D eigenvalue weighted by atomic mass is 79.9. The van der Waals surface area contributed by atoms with Gasteiger partial charge in [-0.25, -0.2) is 0 Å². The van der Waals surface area contributed by atoms with Crippen LogP contribution in [0.5, 0.6) is 0 Å². The van der Waals surface area contributed by atoms with Crippen LogP contribution >= 0.6 is 15.9 Å². The maximum atomic E-state index is 10.6. The number of rotatable bonds is 1. The second-order valence-electron chi connectivity index (χ2n) is 2.91. The molecule has 0 aliphatic heterocycles. The number of hydrogen-bond donors (Lipinski definition) is 0. The predicted octanol–water partition coefficient (Wildman–Crippen LogP) is 3.51. The van der Waals surface area contributed by atoms with Crippen LogP contribution in [0.25, 0.3) is 10.8 Å². The van der Waals surface area contributed by atoms with Gasteiger partial charge in [0.2, 0.25) is 0 Å². The lowest BCUT2D eigenvalue weighted by molar-refractivity contribution is -0.385. The van der Waals surface area contributed by atoms with Crippen molar-refractivity contribution < 1.29 is 4.92 Å². The van der Waals surface area contributed by atoms with Gasteiger partial charge in [-0.3, -0.25) is 10.1 Å². The minimum absolute atomic E-state index is 0.101. The number of nitro benzene ring substituents is 1. The van der Waals surface area contributed by atoms with Crippen molar-refractivity contribution in [2.75, 3.05) is 0 Å². The second-order valence-corrected chi connectivity index (χ2v) is 3.76. The van der Waals surface area contributed by atoms with Gasteiger partial charge >= 0.3 is 0 Å². The van der Waals surface area contributed by atoms with Gasteiger partial charge in [-0.1, -0.05) is 24.3 Å². The molecule has 0 radical (unpaired) electrons. The van der Waals surface area contributed by atoms with Crippen LogP contribution in [-0.4, -0.2) is 4.92 Å². The molecule has 14 heavy (non-hydrogen) atoms. The third kappa shape index (κ3) is 1.48. The van der Waals surface area contributed by atoms with Crippen LogP contribution in [0.4, 0.5) is 5.69 Å². The van der Waals surface area contributed by atoms with E-state index >= 15 is 0 Å². The highest BCUT2D eigenvalue weighted by molar-refractivity contribution is 9.10. The van der Waals surface area contributed by atoms with Crippen LogP contribution in [0, 0.1) is 10.1 Å². The Kier molecular flexibility index (Phi) is 2.21. The molecule has 0 N–H and O–H groups in total. The first-order chi connectivity index (χ1) is 6.68. The topological polar surface area (TPSA) is 43.1 Å². The van der Waals surface area contributed by atoms with E-state index in [9.17, 15) is 10.1 Å². The van der Waals surface area contributed by atoms with Gasteiger partial charge in [-0.2, -0.15) is 0 Å². The quantitative estimate of drug-likeness (QED) is 0.575. The molecule has 0 bridgehead atoms. The highest BCUT2D eigenvalue weighted by Crippen LogP contribution is 2.29. The van der Waals surface area contributed by atoms with Crippen LogP contribution in [0.1, 0.15) is 0 Å². The molecule has 3 nitrogen and oxygen atoms in total. The fourth-order valence-corrected chi connectivity index (χ4v) is 1.85. The SMILES string of the molecule is O=[N+]([O-])c1cc2ccccc2cc1Br. The second kappa shape index (κ2) is 3.38. The number of benzene rings is 2. The first-order valence-corrected chi connectivity index (χ1v) is 4.80. The van der Waals surface area contributed by atoms with E-state index in [1.165, 1.54) is 0 Å². The van der Waals surface area contributed by atoms with Crippen molar-refractivity contribution in [1.29, 1.82) is 0 Å². The molecule has 70 valence electrons. The van der Waals surface area contributed by atoms with Crippen molar-refractivity contribution in [2.24, 2.45) is 0 Å². The van der Waals surface area contributed by atoms with Crippen molar-refractivity contribution in [3.8, 4) is 0 Å². The third-order valence-corrected chi connectivity index (χ3v) is 2.65. The minimum Gasteiger partial charge on any atom is -0.258 e. The molecule has 4 heteroatoms. The monoisotopic (exact) mass is 251 g/mol. The summed E-state index contributed by atoms with van der Waals surface area (Å²) < 4.78 is 0.515. The highest BCUT2D eigenvalue weighted by Gasteiger charge is 2.11. The molecule has 0 saturated carbocycles. The van der Waals surface area contributed by atoms with Crippen LogP contribution < -0.4 is 0 Å². The lowest BCUT2D eigenvalue weighted by atomic mass is 10.1. The summed E-state index contributed by atoms with van der Waals surface area (Å²) in [5.41, 5.74) is 0.101. The molecule has 0 aliphatic carbocycles. The summed E-state index contributed by atoms with van der Waals surface area (Å²) >= 11 is 3.18. The molecule has 0 aromatic heterocycles. The summed E-state index contributed by atoms with van der Waals surface area (Å²) in [6, 6.07) is 10.9. The van der Waals surface area contributed by atoms with Crippen LogP contribution in [0.15, 0.2) is 40.9 Å². The Labute approximate surface area is 88.6 Å². The standard InChI is InChI=1S/C10H6BrNO2/c11-9-5-7-3-1-2-4-8(7)6-10(9)12(13)14/h1-6H. The number of nitro groups is 1. The van der Waals surface area contributed by atoms with Gasteiger partial charge in [-0.05, 0) is 32.8 Å². The normalized spacial score (nSPS) is 10.4. The Hall–Kier alpha value is -1.42. The van der Waals surface area contributed by atoms with E-state index in [2.05, 4.69) is 15.9 Å².